The highest BCUT2D eigenvalue weighted by Crippen LogP contribution is 2.41. The third-order valence-electron chi connectivity index (χ3n) is 3.70. The molecule has 112 valence electrons. The quantitative estimate of drug-likeness (QED) is 0.747. The van der Waals surface area contributed by atoms with E-state index in [0.29, 0.717) is 5.65 Å². The number of ether oxygens (including phenoxy) is 1. The van der Waals surface area contributed by atoms with Crippen molar-refractivity contribution in [2.45, 2.75) is 24.7 Å². The van der Waals surface area contributed by atoms with Crippen LogP contribution in [0.4, 0.5) is 0 Å². The Balaban J connectivity index is 1.80. The van der Waals surface area contributed by atoms with Crippen molar-refractivity contribution >= 4 is 22.9 Å². The number of nitrogens with one attached hydrogen (secondary N) is 1. The summed E-state index contributed by atoms with van der Waals surface area (Å²) in [6.07, 6.45) is 5.35. The average Bonchev–Trinajstić information content (AvgIpc) is 3.19. The third kappa shape index (κ3) is 2.23. The summed E-state index contributed by atoms with van der Waals surface area (Å²) in [4.78, 5) is 17.3. The lowest BCUT2D eigenvalue weighted by atomic mass is 10.0. The number of nitrogens with zero attached hydrogens (tertiary/aromatic N) is 3. The zero-order valence-corrected chi connectivity index (χ0v) is 13.1. The largest absolute Gasteiger partial charge is 0.492 e. The van der Waals surface area contributed by atoms with Crippen molar-refractivity contribution in [3.05, 3.63) is 30.2 Å². The number of rotatable bonds is 4. The lowest BCUT2D eigenvalue weighted by Gasteiger charge is -2.10. The van der Waals surface area contributed by atoms with Crippen LogP contribution in [0.1, 0.15) is 18.9 Å². The predicted molar refractivity (Wildman–Crippen MR) is 87.3 cm³/mol. The predicted octanol–water partition coefficient (Wildman–Crippen LogP) is 3.46. The molecule has 1 aromatic carbocycles. The van der Waals surface area contributed by atoms with Crippen LogP contribution in [0.2, 0.25) is 0 Å². The lowest BCUT2D eigenvalue weighted by Crippen LogP contribution is -1.90. The van der Waals surface area contributed by atoms with Crippen molar-refractivity contribution in [3.8, 4) is 17.1 Å². The first-order valence-electron chi connectivity index (χ1n) is 7.44. The highest BCUT2D eigenvalue weighted by Gasteiger charge is 2.22. The molecule has 3 heterocycles. The monoisotopic (exact) mass is 312 g/mol. The molecule has 22 heavy (non-hydrogen) atoms. The summed E-state index contributed by atoms with van der Waals surface area (Å²) in [6.45, 7) is 2.93. The molecule has 0 amide bonds. The summed E-state index contributed by atoms with van der Waals surface area (Å²) in [5, 5.41) is 0. The minimum Gasteiger partial charge on any atom is -0.492 e. The number of benzene rings is 1. The zero-order chi connectivity index (χ0) is 14.9. The van der Waals surface area contributed by atoms with Gasteiger partial charge in [-0.1, -0.05) is 6.92 Å². The maximum atomic E-state index is 5.87. The van der Waals surface area contributed by atoms with Gasteiger partial charge >= 0.3 is 0 Å². The van der Waals surface area contributed by atoms with Gasteiger partial charge in [-0.05, 0) is 24.3 Å². The molecule has 0 saturated carbocycles. The number of aromatic amines is 1. The van der Waals surface area contributed by atoms with Crippen molar-refractivity contribution in [2.75, 3.05) is 12.4 Å². The van der Waals surface area contributed by atoms with Crippen molar-refractivity contribution < 1.29 is 4.74 Å². The molecule has 0 spiro atoms. The van der Waals surface area contributed by atoms with Crippen LogP contribution >= 0.6 is 11.8 Å². The van der Waals surface area contributed by atoms with Gasteiger partial charge in [-0.3, -0.25) is 0 Å². The number of hydrogen-bond donors (Lipinski definition) is 1. The number of thioether (sulfide) groups is 1. The first-order chi connectivity index (χ1) is 10.9. The van der Waals surface area contributed by atoms with Gasteiger partial charge in [0.2, 0.25) is 0 Å². The Labute approximate surface area is 132 Å². The summed E-state index contributed by atoms with van der Waals surface area (Å²) >= 11 is 1.86. The van der Waals surface area contributed by atoms with Gasteiger partial charge in [0.05, 0.1) is 12.8 Å². The molecular formula is C16H16N4OS. The number of imidazole rings is 1. The molecule has 0 aliphatic carbocycles. The van der Waals surface area contributed by atoms with Crippen LogP contribution in [0.25, 0.3) is 22.6 Å². The van der Waals surface area contributed by atoms with Gasteiger partial charge in [0.25, 0.3) is 0 Å². The smallest absolute Gasteiger partial charge is 0.181 e. The molecule has 0 bridgehead atoms. The van der Waals surface area contributed by atoms with Crippen molar-refractivity contribution in [3.63, 3.8) is 0 Å². The summed E-state index contributed by atoms with van der Waals surface area (Å²) in [7, 11) is 0. The summed E-state index contributed by atoms with van der Waals surface area (Å²) in [5.41, 5.74) is 3.90. The van der Waals surface area contributed by atoms with Gasteiger partial charge in [-0.25, -0.2) is 15.0 Å². The highest BCUT2D eigenvalue weighted by atomic mass is 32.2. The molecule has 2 aromatic heterocycles. The molecule has 0 fully saturated rings. The minimum absolute atomic E-state index is 0.696. The van der Waals surface area contributed by atoms with Gasteiger partial charge < -0.3 is 9.72 Å². The number of fused-ring (bicyclic) bond motifs is 2. The van der Waals surface area contributed by atoms with E-state index in [1.54, 1.807) is 6.20 Å². The molecule has 5 nitrogen and oxygen atoms in total. The molecule has 0 unspecified atom stereocenters. The number of H-pyrrole nitrogens is 1. The first-order valence-corrected chi connectivity index (χ1v) is 8.43. The third-order valence-corrected chi connectivity index (χ3v) is 4.95. The topological polar surface area (TPSA) is 63.7 Å². The minimum atomic E-state index is 0.696. The Morgan fingerprint density at radius 2 is 2.32 bits per heavy atom. The van der Waals surface area contributed by atoms with Crippen LogP contribution in [-0.4, -0.2) is 32.3 Å². The van der Waals surface area contributed by atoms with E-state index in [1.807, 2.05) is 11.8 Å². The van der Waals surface area contributed by atoms with E-state index in [-0.39, 0.29) is 0 Å². The Hall–Kier alpha value is -2.08. The molecule has 3 aromatic rings. The Morgan fingerprint density at radius 1 is 1.36 bits per heavy atom. The number of aromatic nitrogens is 4. The molecule has 1 N–H and O–H groups in total. The molecule has 0 saturated heterocycles. The normalized spacial score (nSPS) is 13.3. The Morgan fingerprint density at radius 3 is 3.18 bits per heavy atom. The fourth-order valence-corrected chi connectivity index (χ4v) is 3.61. The first kappa shape index (κ1) is 13.6. The van der Waals surface area contributed by atoms with Crippen molar-refractivity contribution in [1.29, 1.82) is 0 Å². The molecule has 0 radical (unpaired) electrons. The van der Waals surface area contributed by atoms with Crippen molar-refractivity contribution in [1.82, 2.24) is 19.9 Å². The molecular weight excluding hydrogens is 296 g/mol. The second kappa shape index (κ2) is 5.61. The van der Waals surface area contributed by atoms with Crippen LogP contribution in [0.5, 0.6) is 5.75 Å². The van der Waals surface area contributed by atoms with E-state index in [9.17, 15) is 0 Å². The average molecular weight is 312 g/mol. The SMILES string of the molecule is CCCSc1ccc(-c2nc3ncncc3[nH]2)c2c1OCC2. The van der Waals surface area contributed by atoms with E-state index in [2.05, 4.69) is 39.0 Å². The summed E-state index contributed by atoms with van der Waals surface area (Å²) in [6, 6.07) is 4.27. The Kier molecular flexibility index (Phi) is 3.46. The van der Waals surface area contributed by atoms with Crippen LogP contribution in [0, 0.1) is 0 Å². The van der Waals surface area contributed by atoms with Gasteiger partial charge in [0.1, 0.15) is 23.4 Å². The van der Waals surface area contributed by atoms with E-state index in [4.69, 9.17) is 4.74 Å². The summed E-state index contributed by atoms with van der Waals surface area (Å²) < 4.78 is 5.87. The fraction of sp³-hybridized carbons (Fsp3) is 0.312. The summed E-state index contributed by atoms with van der Waals surface area (Å²) in [5.74, 6) is 2.97. The highest BCUT2D eigenvalue weighted by molar-refractivity contribution is 7.99. The molecule has 0 atom stereocenters. The molecule has 6 heteroatoms. The van der Waals surface area contributed by atoms with Crippen LogP contribution in [-0.2, 0) is 6.42 Å². The lowest BCUT2D eigenvalue weighted by molar-refractivity contribution is 0.349. The van der Waals surface area contributed by atoms with Crippen LogP contribution in [0.3, 0.4) is 0 Å². The van der Waals surface area contributed by atoms with Gasteiger partial charge in [0, 0.05) is 22.4 Å². The van der Waals surface area contributed by atoms with E-state index in [1.165, 1.54) is 16.8 Å². The molecule has 1 aliphatic heterocycles. The van der Waals surface area contributed by atoms with Crippen LogP contribution < -0.4 is 4.74 Å². The molecule has 4 rings (SSSR count). The number of hydrogen-bond acceptors (Lipinski definition) is 5. The molecule has 1 aliphatic rings. The van der Waals surface area contributed by atoms with Crippen LogP contribution in [0.15, 0.2) is 29.6 Å². The Bertz CT molecular complexity index is 797. The fourth-order valence-electron chi connectivity index (χ4n) is 2.70. The van der Waals surface area contributed by atoms with E-state index >= 15 is 0 Å². The van der Waals surface area contributed by atoms with Gasteiger partial charge in [-0.2, -0.15) is 0 Å². The standard InChI is InChI=1S/C16H16N4OS/c1-2-7-22-13-4-3-11(10-5-6-21-14(10)13)15-19-12-8-17-9-18-16(12)20-15/h3-4,8-9H,2,5-7H2,1H3,(H,17,18,19,20). The maximum absolute atomic E-state index is 5.87. The van der Waals surface area contributed by atoms with E-state index in [0.717, 1.165) is 47.9 Å². The van der Waals surface area contributed by atoms with Crippen molar-refractivity contribution in [2.24, 2.45) is 0 Å². The van der Waals surface area contributed by atoms with Gasteiger partial charge in [0.15, 0.2) is 5.65 Å². The van der Waals surface area contributed by atoms with Gasteiger partial charge in [-0.15, -0.1) is 11.8 Å². The second-order valence-electron chi connectivity index (χ2n) is 5.21. The zero-order valence-electron chi connectivity index (χ0n) is 12.3. The maximum Gasteiger partial charge on any atom is 0.181 e. The second-order valence-corrected chi connectivity index (χ2v) is 6.35. The van der Waals surface area contributed by atoms with E-state index < -0.39 is 0 Å².